The molecular weight excluding hydrogens is 390 g/mol. The maximum absolute atomic E-state index is 13.0. The highest BCUT2D eigenvalue weighted by atomic mass is 16.5. The molecule has 0 aromatic heterocycles. The van der Waals surface area contributed by atoms with Gasteiger partial charge in [-0.2, -0.15) is 0 Å². The van der Waals surface area contributed by atoms with Crippen LogP contribution in [0.1, 0.15) is 90.5 Å². The maximum atomic E-state index is 13.0. The van der Waals surface area contributed by atoms with E-state index in [2.05, 4.69) is 27.8 Å². The molecule has 0 aliphatic carbocycles. The number of aromatic hydroxyl groups is 2. The molecule has 0 fully saturated rings. The summed E-state index contributed by atoms with van der Waals surface area (Å²) >= 11 is 0. The van der Waals surface area contributed by atoms with E-state index in [4.69, 9.17) is 4.74 Å². The number of esters is 1. The molecule has 5 nitrogen and oxygen atoms in total. The van der Waals surface area contributed by atoms with E-state index in [1.807, 2.05) is 0 Å². The molecule has 0 aliphatic rings. The van der Waals surface area contributed by atoms with Gasteiger partial charge in [-0.3, -0.25) is 0 Å². The number of quaternary nitrogens is 1. The van der Waals surface area contributed by atoms with Crippen LogP contribution in [-0.4, -0.2) is 53.5 Å². The lowest BCUT2D eigenvalue weighted by Crippen LogP contribution is -2.57. The predicted molar refractivity (Wildman–Crippen MR) is 127 cm³/mol. The summed E-state index contributed by atoms with van der Waals surface area (Å²) in [6.07, 6.45) is 13.0. The highest BCUT2D eigenvalue weighted by Crippen LogP contribution is 2.27. The number of likely N-dealkylation sites (N-methyl/N-ethyl adjacent to an activating group) is 1. The third-order valence-electron chi connectivity index (χ3n) is 6.68. The Bertz CT molecular complexity index is 628. The molecule has 5 heteroatoms. The molecule has 0 spiro atoms. The second kappa shape index (κ2) is 15.1. The van der Waals surface area contributed by atoms with Crippen molar-refractivity contribution in [1.29, 1.82) is 0 Å². The summed E-state index contributed by atoms with van der Waals surface area (Å²) in [7, 11) is 2.08. The molecule has 0 saturated heterocycles. The average molecular weight is 437 g/mol. The molecule has 31 heavy (non-hydrogen) atoms. The van der Waals surface area contributed by atoms with E-state index in [-0.39, 0.29) is 23.5 Å². The minimum atomic E-state index is -0.331. The lowest BCUT2D eigenvalue weighted by molar-refractivity contribution is -0.921. The highest BCUT2D eigenvalue weighted by molar-refractivity contribution is 5.75. The SMILES string of the molecule is CCCCCCCCCCCCOC(=O)[C@H](Cc1ccc(O)c(O)c1)[N+](C)(CC)CC. The predicted octanol–water partition coefficient (Wildman–Crippen LogP) is 5.96. The fourth-order valence-electron chi connectivity index (χ4n) is 4.00. The van der Waals surface area contributed by atoms with Crippen LogP contribution in [0.25, 0.3) is 0 Å². The third kappa shape index (κ3) is 9.94. The van der Waals surface area contributed by atoms with Crippen molar-refractivity contribution in [3.8, 4) is 11.5 Å². The van der Waals surface area contributed by atoms with Gasteiger partial charge < -0.3 is 19.4 Å². The number of rotatable bonds is 17. The molecule has 0 aliphatic heterocycles. The van der Waals surface area contributed by atoms with Gasteiger partial charge in [0.1, 0.15) is 0 Å². The van der Waals surface area contributed by atoms with E-state index in [1.54, 1.807) is 6.07 Å². The molecule has 0 unspecified atom stereocenters. The minimum Gasteiger partial charge on any atom is -0.504 e. The fraction of sp³-hybridized carbons (Fsp3) is 0.731. The van der Waals surface area contributed by atoms with Gasteiger partial charge in [0.15, 0.2) is 17.5 Å². The molecule has 1 rings (SSSR count). The van der Waals surface area contributed by atoms with Crippen LogP contribution < -0.4 is 0 Å². The number of hydrogen-bond donors (Lipinski definition) is 2. The zero-order valence-electron chi connectivity index (χ0n) is 20.4. The van der Waals surface area contributed by atoms with E-state index < -0.39 is 0 Å². The van der Waals surface area contributed by atoms with E-state index >= 15 is 0 Å². The van der Waals surface area contributed by atoms with Crippen molar-refractivity contribution >= 4 is 5.97 Å². The number of carbonyl (C=O) groups excluding carboxylic acids is 1. The van der Waals surface area contributed by atoms with Crippen LogP contribution in [0, 0.1) is 0 Å². The Morgan fingerprint density at radius 1 is 0.871 bits per heavy atom. The van der Waals surface area contributed by atoms with Crippen molar-refractivity contribution in [1.82, 2.24) is 0 Å². The molecule has 178 valence electrons. The normalized spacial score (nSPS) is 12.6. The van der Waals surface area contributed by atoms with Crippen LogP contribution >= 0.6 is 0 Å². The quantitative estimate of drug-likeness (QED) is 0.137. The summed E-state index contributed by atoms with van der Waals surface area (Å²) in [5, 5.41) is 19.4. The fourth-order valence-corrected chi connectivity index (χ4v) is 4.00. The van der Waals surface area contributed by atoms with Gasteiger partial charge in [-0.15, -0.1) is 0 Å². The summed E-state index contributed by atoms with van der Waals surface area (Å²) in [5.41, 5.74) is 0.822. The van der Waals surface area contributed by atoms with Gasteiger partial charge in [-0.05, 0) is 38.0 Å². The lowest BCUT2D eigenvalue weighted by Gasteiger charge is -2.38. The summed E-state index contributed by atoms with van der Waals surface area (Å²) in [5.74, 6) is -0.473. The van der Waals surface area contributed by atoms with Crippen LogP contribution in [0.3, 0.4) is 0 Å². The van der Waals surface area contributed by atoms with Gasteiger partial charge in [0.2, 0.25) is 0 Å². The summed E-state index contributed by atoms with van der Waals surface area (Å²) in [6, 6.07) is 4.43. The smallest absolute Gasteiger partial charge is 0.365 e. The van der Waals surface area contributed by atoms with Crippen LogP contribution in [0.5, 0.6) is 11.5 Å². The Labute approximate surface area is 190 Å². The number of nitrogens with zero attached hydrogens (tertiary/aromatic N) is 1. The van der Waals surface area contributed by atoms with Gasteiger partial charge in [-0.25, -0.2) is 4.79 Å². The number of benzene rings is 1. The first-order chi connectivity index (χ1) is 14.9. The largest absolute Gasteiger partial charge is 0.504 e. The van der Waals surface area contributed by atoms with E-state index in [1.165, 1.54) is 63.5 Å². The maximum Gasteiger partial charge on any atom is 0.365 e. The first kappa shape index (κ1) is 27.3. The second-order valence-electron chi connectivity index (χ2n) is 9.00. The van der Waals surface area contributed by atoms with Gasteiger partial charge in [-0.1, -0.05) is 70.8 Å². The third-order valence-corrected chi connectivity index (χ3v) is 6.68. The van der Waals surface area contributed by atoms with E-state index in [9.17, 15) is 15.0 Å². The lowest BCUT2D eigenvalue weighted by atomic mass is 10.0. The summed E-state index contributed by atoms with van der Waals surface area (Å²) in [4.78, 5) is 13.0. The standard InChI is InChI=1S/C26H45NO4/c1-5-8-9-10-11-12-13-14-15-16-19-31-26(30)23(27(4,6-2)7-3)20-22-17-18-24(28)25(29)21-22/h17-18,21,23H,5-16,19-20H2,1-4H3,(H-,28,29)/p+1/t23-/m0/s1. The molecular formula is C26H46NO4+. The van der Waals surface area contributed by atoms with Crippen molar-refractivity contribution in [2.45, 2.75) is 97.4 Å². The second-order valence-corrected chi connectivity index (χ2v) is 9.00. The Balaban J connectivity index is 2.45. The number of phenols is 2. The van der Waals surface area contributed by atoms with Gasteiger partial charge in [0, 0.05) is 6.42 Å². The summed E-state index contributed by atoms with van der Waals surface area (Å²) < 4.78 is 6.27. The van der Waals surface area contributed by atoms with Crippen LogP contribution in [0.4, 0.5) is 0 Å². The molecule has 1 atom stereocenters. The summed E-state index contributed by atoms with van der Waals surface area (Å²) in [6.45, 7) is 8.52. The molecule has 1 aromatic rings. The monoisotopic (exact) mass is 436 g/mol. The molecule has 0 heterocycles. The van der Waals surface area contributed by atoms with E-state index in [0.29, 0.717) is 17.5 Å². The van der Waals surface area contributed by atoms with Gasteiger partial charge >= 0.3 is 5.97 Å². The van der Waals surface area contributed by atoms with Crippen molar-refractivity contribution in [3.05, 3.63) is 23.8 Å². The number of ether oxygens (including phenoxy) is 1. The molecule has 0 radical (unpaired) electrons. The highest BCUT2D eigenvalue weighted by Gasteiger charge is 2.37. The molecule has 2 N–H and O–H groups in total. The average Bonchev–Trinajstić information content (AvgIpc) is 2.77. The van der Waals surface area contributed by atoms with Crippen molar-refractivity contribution in [2.24, 2.45) is 0 Å². The van der Waals surface area contributed by atoms with Gasteiger partial charge in [0.05, 0.1) is 26.7 Å². The van der Waals surface area contributed by atoms with Crippen LogP contribution in [-0.2, 0) is 16.0 Å². The zero-order chi connectivity index (χ0) is 23.1. The van der Waals surface area contributed by atoms with Crippen LogP contribution in [0.2, 0.25) is 0 Å². The topological polar surface area (TPSA) is 66.8 Å². The van der Waals surface area contributed by atoms with Crippen molar-refractivity contribution in [3.63, 3.8) is 0 Å². The Morgan fingerprint density at radius 3 is 1.94 bits per heavy atom. The molecule has 0 saturated carbocycles. The molecule has 1 aromatic carbocycles. The van der Waals surface area contributed by atoms with Gasteiger partial charge in [0.25, 0.3) is 0 Å². The van der Waals surface area contributed by atoms with Crippen LogP contribution in [0.15, 0.2) is 18.2 Å². The molecule has 0 bridgehead atoms. The van der Waals surface area contributed by atoms with Crippen molar-refractivity contribution < 1.29 is 24.2 Å². The number of unbranched alkanes of at least 4 members (excludes halogenated alkanes) is 9. The number of hydrogen-bond acceptors (Lipinski definition) is 4. The van der Waals surface area contributed by atoms with E-state index in [0.717, 1.165) is 31.5 Å². The Morgan fingerprint density at radius 2 is 1.42 bits per heavy atom. The number of carbonyl (C=O) groups is 1. The first-order valence-corrected chi connectivity index (χ1v) is 12.4. The molecule has 0 amide bonds. The Hall–Kier alpha value is -1.75. The zero-order valence-corrected chi connectivity index (χ0v) is 20.4. The number of phenolic OH excluding ortho intramolecular Hbond substituents is 2. The first-order valence-electron chi connectivity index (χ1n) is 12.4. The Kier molecular flexibility index (Phi) is 13.3. The van der Waals surface area contributed by atoms with Crippen molar-refractivity contribution in [2.75, 3.05) is 26.7 Å². The minimum absolute atomic E-state index is 0.146.